The van der Waals surface area contributed by atoms with E-state index in [1.165, 1.54) is 11.8 Å². The molecule has 0 spiro atoms. The number of hydrogen-bond acceptors (Lipinski definition) is 7. The second-order valence-corrected chi connectivity index (χ2v) is 5.43. The lowest BCUT2D eigenvalue weighted by molar-refractivity contribution is 0.394. The Morgan fingerprint density at radius 2 is 1.78 bits per heavy atom. The van der Waals surface area contributed by atoms with Gasteiger partial charge in [-0.3, -0.25) is 0 Å². The smallest absolute Gasteiger partial charge is 0.363 e. The molecule has 1 aromatic carbocycles. The zero-order chi connectivity index (χ0) is 16.4. The molecule has 3 aromatic rings. The van der Waals surface area contributed by atoms with E-state index >= 15 is 0 Å². The van der Waals surface area contributed by atoms with Gasteiger partial charge in [0, 0.05) is 23.2 Å². The van der Waals surface area contributed by atoms with Crippen LogP contribution in [0.5, 0.6) is 11.5 Å². The molecule has 0 unspecified atom stereocenters. The van der Waals surface area contributed by atoms with Crippen LogP contribution in [0.15, 0.2) is 44.8 Å². The maximum atomic E-state index is 12.2. The van der Waals surface area contributed by atoms with Crippen molar-refractivity contribution in [2.45, 2.75) is 5.16 Å². The molecule has 0 bridgehead atoms. The first-order chi connectivity index (χ1) is 11.1. The van der Waals surface area contributed by atoms with Gasteiger partial charge in [0.1, 0.15) is 17.3 Å². The largest absolute Gasteiger partial charge is 0.497 e. The van der Waals surface area contributed by atoms with Crippen molar-refractivity contribution < 1.29 is 13.9 Å². The second-order valence-electron chi connectivity index (χ2n) is 4.66. The van der Waals surface area contributed by atoms with Crippen LogP contribution in [0.3, 0.4) is 0 Å². The summed E-state index contributed by atoms with van der Waals surface area (Å²) in [7, 11) is 3.12. The van der Waals surface area contributed by atoms with Crippen LogP contribution >= 0.6 is 11.8 Å². The van der Waals surface area contributed by atoms with Crippen molar-refractivity contribution in [2.24, 2.45) is 0 Å². The van der Waals surface area contributed by atoms with Crippen LogP contribution in [0.25, 0.3) is 22.2 Å². The molecule has 23 heavy (non-hydrogen) atoms. The van der Waals surface area contributed by atoms with Crippen molar-refractivity contribution in [3.8, 4) is 22.8 Å². The Labute approximate surface area is 136 Å². The highest BCUT2D eigenvalue weighted by Gasteiger charge is 2.11. The minimum atomic E-state index is -0.503. The average Bonchev–Trinajstić information content (AvgIpc) is 2.60. The maximum Gasteiger partial charge on any atom is 0.363 e. The summed E-state index contributed by atoms with van der Waals surface area (Å²) in [6.45, 7) is 0. The number of thioether (sulfide) groups is 1. The summed E-state index contributed by atoms with van der Waals surface area (Å²) in [4.78, 5) is 20.6. The lowest BCUT2D eigenvalue weighted by Gasteiger charge is -2.08. The minimum Gasteiger partial charge on any atom is -0.497 e. The van der Waals surface area contributed by atoms with Gasteiger partial charge in [-0.15, -0.1) is 0 Å². The first kappa shape index (κ1) is 15.4. The fourth-order valence-electron chi connectivity index (χ4n) is 2.15. The third-order valence-corrected chi connectivity index (χ3v) is 3.86. The van der Waals surface area contributed by atoms with Crippen molar-refractivity contribution >= 4 is 22.7 Å². The first-order valence-corrected chi connectivity index (χ1v) is 7.95. The highest BCUT2D eigenvalue weighted by molar-refractivity contribution is 7.98. The molecule has 3 rings (SSSR count). The van der Waals surface area contributed by atoms with Crippen LogP contribution in [0.2, 0.25) is 0 Å². The summed E-state index contributed by atoms with van der Waals surface area (Å²) in [6.07, 6.45) is 3.46. The van der Waals surface area contributed by atoms with Gasteiger partial charge >= 0.3 is 5.63 Å². The Hall–Kier alpha value is -2.54. The van der Waals surface area contributed by atoms with Gasteiger partial charge in [-0.2, -0.15) is 0 Å². The fraction of sp³-hybridized carbons (Fsp3) is 0.188. The number of hydrogen-bond donors (Lipinski definition) is 0. The van der Waals surface area contributed by atoms with Crippen molar-refractivity contribution in [3.63, 3.8) is 0 Å². The first-order valence-electron chi connectivity index (χ1n) is 6.73. The van der Waals surface area contributed by atoms with E-state index in [0.29, 0.717) is 33.4 Å². The van der Waals surface area contributed by atoms with Gasteiger partial charge < -0.3 is 13.9 Å². The van der Waals surface area contributed by atoms with Gasteiger partial charge in [0.05, 0.1) is 14.2 Å². The summed E-state index contributed by atoms with van der Waals surface area (Å²) in [6, 6.07) is 7.01. The van der Waals surface area contributed by atoms with E-state index in [1.54, 1.807) is 44.7 Å². The zero-order valence-corrected chi connectivity index (χ0v) is 13.6. The van der Waals surface area contributed by atoms with Crippen LogP contribution in [-0.2, 0) is 0 Å². The Kier molecular flexibility index (Phi) is 4.20. The Morgan fingerprint density at radius 1 is 1.09 bits per heavy atom. The molecule has 0 fully saturated rings. The van der Waals surface area contributed by atoms with E-state index < -0.39 is 5.63 Å². The maximum absolute atomic E-state index is 12.2. The van der Waals surface area contributed by atoms with E-state index in [0.717, 1.165) is 0 Å². The lowest BCUT2D eigenvalue weighted by atomic mass is 10.1. The number of aromatic nitrogens is 2. The molecular weight excluding hydrogens is 316 g/mol. The molecule has 0 amide bonds. The van der Waals surface area contributed by atoms with Gasteiger partial charge in [0.2, 0.25) is 0 Å². The molecule has 0 aliphatic heterocycles. The molecule has 0 atom stereocenters. The van der Waals surface area contributed by atoms with Gasteiger partial charge in [-0.25, -0.2) is 14.8 Å². The predicted molar refractivity (Wildman–Crippen MR) is 88.4 cm³/mol. The summed E-state index contributed by atoms with van der Waals surface area (Å²) >= 11 is 1.37. The van der Waals surface area contributed by atoms with Crippen LogP contribution in [-0.4, -0.2) is 30.4 Å². The van der Waals surface area contributed by atoms with E-state index in [9.17, 15) is 4.79 Å². The van der Waals surface area contributed by atoms with Gasteiger partial charge in [-0.05, 0) is 24.5 Å². The van der Waals surface area contributed by atoms with Crippen LogP contribution in [0.4, 0.5) is 0 Å². The van der Waals surface area contributed by atoms with Crippen LogP contribution < -0.4 is 15.1 Å². The van der Waals surface area contributed by atoms with Gasteiger partial charge in [-0.1, -0.05) is 11.8 Å². The topological polar surface area (TPSA) is 74.5 Å². The standard InChI is InChI=1S/C16H14N2O4S/c1-20-11-4-9(5-12(7-11)21-2)13-6-10-8-17-16(23-3)18-14(10)15(19)22-13/h4-8H,1-3H3. The SMILES string of the molecule is COc1cc(OC)cc(-c2cc3cnc(SC)nc3c(=O)o2)c1. The molecule has 0 radical (unpaired) electrons. The highest BCUT2D eigenvalue weighted by Crippen LogP contribution is 2.30. The molecule has 0 aliphatic rings. The predicted octanol–water partition coefficient (Wildman–Crippen LogP) is 2.99. The molecule has 6 nitrogen and oxygen atoms in total. The number of nitrogens with zero attached hydrogens (tertiary/aromatic N) is 2. The normalized spacial score (nSPS) is 10.7. The third-order valence-electron chi connectivity index (χ3n) is 3.30. The summed E-state index contributed by atoms with van der Waals surface area (Å²) in [5, 5.41) is 1.15. The number of rotatable bonds is 4. The lowest BCUT2D eigenvalue weighted by Crippen LogP contribution is -2.04. The summed E-state index contributed by atoms with van der Waals surface area (Å²) in [5.74, 6) is 1.62. The van der Waals surface area contributed by atoms with Gasteiger partial charge in [0.15, 0.2) is 10.7 Å². The second kappa shape index (κ2) is 6.29. The molecule has 0 aliphatic carbocycles. The Bertz CT molecular complexity index is 901. The summed E-state index contributed by atoms with van der Waals surface area (Å²) in [5.41, 5.74) is 0.439. The number of ether oxygens (including phenoxy) is 2. The molecule has 118 valence electrons. The van der Waals surface area contributed by atoms with Gasteiger partial charge in [0.25, 0.3) is 0 Å². The van der Waals surface area contributed by atoms with E-state index in [-0.39, 0.29) is 5.52 Å². The van der Waals surface area contributed by atoms with E-state index in [1.807, 2.05) is 6.26 Å². The quantitative estimate of drug-likeness (QED) is 0.538. The van der Waals surface area contributed by atoms with Crippen molar-refractivity contribution in [1.82, 2.24) is 9.97 Å². The molecule has 7 heteroatoms. The van der Waals surface area contributed by atoms with Crippen molar-refractivity contribution in [2.75, 3.05) is 20.5 Å². The molecular formula is C16H14N2O4S. The third kappa shape index (κ3) is 3.00. The fourth-order valence-corrected chi connectivity index (χ4v) is 2.49. The Morgan fingerprint density at radius 3 is 2.39 bits per heavy atom. The number of benzene rings is 1. The van der Waals surface area contributed by atoms with Crippen molar-refractivity contribution in [3.05, 3.63) is 40.9 Å². The molecule has 0 saturated heterocycles. The van der Waals surface area contributed by atoms with Crippen LogP contribution in [0, 0.1) is 0 Å². The van der Waals surface area contributed by atoms with Crippen LogP contribution in [0.1, 0.15) is 0 Å². The molecule has 2 aromatic heterocycles. The molecule has 2 heterocycles. The molecule has 0 saturated carbocycles. The Balaban J connectivity index is 2.19. The minimum absolute atomic E-state index is 0.267. The molecule has 0 N–H and O–H groups in total. The van der Waals surface area contributed by atoms with E-state index in [4.69, 9.17) is 13.9 Å². The zero-order valence-electron chi connectivity index (χ0n) is 12.8. The number of methoxy groups -OCH3 is 2. The number of fused-ring (bicyclic) bond motifs is 1. The van der Waals surface area contributed by atoms with Crippen molar-refractivity contribution in [1.29, 1.82) is 0 Å². The highest BCUT2D eigenvalue weighted by atomic mass is 32.2. The average molecular weight is 330 g/mol. The summed E-state index contributed by atoms with van der Waals surface area (Å²) < 4.78 is 15.9. The monoisotopic (exact) mass is 330 g/mol. The van der Waals surface area contributed by atoms with E-state index in [2.05, 4.69) is 9.97 Å².